The van der Waals surface area contributed by atoms with Crippen molar-refractivity contribution in [3.05, 3.63) is 70.1 Å². The molecule has 0 radical (unpaired) electrons. The van der Waals surface area contributed by atoms with Crippen molar-refractivity contribution >= 4 is 27.4 Å². The van der Waals surface area contributed by atoms with Crippen molar-refractivity contribution in [1.29, 1.82) is 0 Å². The zero-order valence-corrected chi connectivity index (χ0v) is 23.5. The lowest BCUT2D eigenvalue weighted by molar-refractivity contribution is -0.137. The molecule has 0 amide bonds. The molecule has 1 unspecified atom stereocenters. The molecule has 4 rings (SSSR count). The van der Waals surface area contributed by atoms with Crippen LogP contribution in [0.1, 0.15) is 50.7 Å². The highest BCUT2D eigenvalue weighted by molar-refractivity contribution is 7.91. The number of pyridine rings is 1. The minimum absolute atomic E-state index is 0.0100. The van der Waals surface area contributed by atoms with Crippen LogP contribution < -0.4 is 10.2 Å². The molecule has 1 heterocycles. The molecule has 1 aliphatic carbocycles. The van der Waals surface area contributed by atoms with Crippen LogP contribution in [0.5, 0.6) is 5.75 Å². The van der Waals surface area contributed by atoms with Gasteiger partial charge >= 0.3 is 12.1 Å². The average Bonchev–Trinajstić information content (AvgIpc) is 3.73. The number of rotatable bonds is 9. The van der Waals surface area contributed by atoms with E-state index in [0.29, 0.717) is 5.56 Å². The van der Waals surface area contributed by atoms with Crippen LogP contribution in [0.25, 0.3) is 22.3 Å². The molecule has 7 nitrogen and oxygen atoms in total. The van der Waals surface area contributed by atoms with E-state index in [1.54, 1.807) is 6.92 Å². The molecule has 1 aliphatic rings. The van der Waals surface area contributed by atoms with Crippen molar-refractivity contribution < 1.29 is 35.9 Å². The summed E-state index contributed by atoms with van der Waals surface area (Å²) >= 11 is 6.05. The molecule has 12 heteroatoms. The van der Waals surface area contributed by atoms with E-state index in [4.69, 9.17) is 21.1 Å². The van der Waals surface area contributed by atoms with Crippen LogP contribution in [0, 0.1) is 0 Å². The molecule has 1 fully saturated rings. The fourth-order valence-electron chi connectivity index (χ4n) is 4.44. The van der Waals surface area contributed by atoms with E-state index in [0.717, 1.165) is 31.9 Å². The Morgan fingerprint density at radius 1 is 1.07 bits per heavy atom. The minimum Gasteiger partial charge on any atom is -0.426 e. The van der Waals surface area contributed by atoms with Crippen LogP contribution in [-0.4, -0.2) is 31.0 Å². The van der Waals surface area contributed by atoms with Gasteiger partial charge in [-0.05, 0) is 61.9 Å². The number of nitrogens with zero attached hydrogens (tertiary/aromatic N) is 1. The van der Waals surface area contributed by atoms with E-state index >= 15 is 0 Å². The highest BCUT2D eigenvalue weighted by atomic mass is 35.5. The Bertz CT molecular complexity index is 1610. The van der Waals surface area contributed by atoms with Gasteiger partial charge < -0.3 is 14.0 Å². The van der Waals surface area contributed by atoms with Gasteiger partial charge in [0.2, 0.25) is 9.84 Å². The second-order valence-electron chi connectivity index (χ2n) is 9.45. The predicted molar refractivity (Wildman–Crippen MR) is 144 cm³/mol. The fraction of sp³-hybridized carbons (Fsp3) is 0.357. The molecule has 0 N–H and O–H groups in total. The number of esters is 1. The molecule has 1 saturated carbocycles. The molecular formula is C28H27ClF3NO6S. The monoisotopic (exact) mass is 597 g/mol. The molecule has 40 heavy (non-hydrogen) atoms. The lowest BCUT2D eigenvalue weighted by Crippen LogP contribution is -2.21. The minimum atomic E-state index is -4.73. The quantitative estimate of drug-likeness (QED) is 0.162. The summed E-state index contributed by atoms with van der Waals surface area (Å²) in [6.45, 7) is 4.23. The molecule has 1 atom stereocenters. The summed E-state index contributed by atoms with van der Waals surface area (Å²) in [5.74, 6) is -0.919. The summed E-state index contributed by atoms with van der Waals surface area (Å²) in [6.07, 6.45) is -0.481. The molecule has 2 aromatic carbocycles. The van der Waals surface area contributed by atoms with E-state index in [2.05, 4.69) is 0 Å². The zero-order chi connectivity index (χ0) is 29.4. The first-order chi connectivity index (χ1) is 18.8. The molecule has 0 saturated heterocycles. The van der Waals surface area contributed by atoms with Crippen LogP contribution in [0.4, 0.5) is 13.2 Å². The van der Waals surface area contributed by atoms with E-state index in [1.165, 1.54) is 48.1 Å². The van der Waals surface area contributed by atoms with Crippen LogP contribution in [0.2, 0.25) is 0 Å². The number of hydrogen-bond donors (Lipinski definition) is 0. The van der Waals surface area contributed by atoms with Gasteiger partial charge in [-0.3, -0.25) is 9.59 Å². The summed E-state index contributed by atoms with van der Waals surface area (Å²) in [7, 11) is -4.00. The lowest BCUT2D eigenvalue weighted by Gasteiger charge is -2.18. The molecule has 0 aliphatic heterocycles. The van der Waals surface area contributed by atoms with Gasteiger partial charge in [0.05, 0.1) is 16.5 Å². The number of sulfone groups is 1. The van der Waals surface area contributed by atoms with E-state index in [-0.39, 0.29) is 51.4 Å². The third kappa shape index (κ3) is 6.11. The smallest absolute Gasteiger partial charge is 0.417 e. The Hall–Kier alpha value is -3.15. The van der Waals surface area contributed by atoms with Crippen molar-refractivity contribution in [2.24, 2.45) is 0 Å². The van der Waals surface area contributed by atoms with E-state index in [9.17, 15) is 31.2 Å². The summed E-state index contributed by atoms with van der Waals surface area (Å²) in [6, 6.07) is 7.17. The summed E-state index contributed by atoms with van der Waals surface area (Å²) in [4.78, 5) is 25.5. The second-order valence-corrected chi connectivity index (χ2v) is 11.9. The van der Waals surface area contributed by atoms with Gasteiger partial charge in [0.25, 0.3) is 0 Å². The highest BCUT2D eigenvalue weighted by Gasteiger charge is 2.36. The Balaban J connectivity index is 1.96. The van der Waals surface area contributed by atoms with Crippen molar-refractivity contribution in [1.82, 2.24) is 4.57 Å². The number of hydrogen-bond acceptors (Lipinski definition) is 6. The fourth-order valence-corrected chi connectivity index (χ4v) is 5.81. The highest BCUT2D eigenvalue weighted by Crippen LogP contribution is 2.44. The number of aromatic nitrogens is 1. The topological polar surface area (TPSA) is 91.7 Å². The first kappa shape index (κ1) is 29.8. The maximum atomic E-state index is 14.0. The number of benzene rings is 2. The normalized spacial score (nSPS) is 14.7. The number of alkyl halides is 4. The zero-order valence-electron chi connectivity index (χ0n) is 21.9. The molecule has 214 valence electrons. The molecule has 0 spiro atoms. The van der Waals surface area contributed by atoms with Gasteiger partial charge in [-0.15, -0.1) is 11.6 Å². The maximum absolute atomic E-state index is 14.0. The number of ether oxygens (including phenoxy) is 2. The van der Waals surface area contributed by atoms with Gasteiger partial charge in [0.1, 0.15) is 5.75 Å². The lowest BCUT2D eigenvalue weighted by atomic mass is 9.94. The van der Waals surface area contributed by atoms with Crippen LogP contribution >= 0.6 is 11.6 Å². The van der Waals surface area contributed by atoms with Gasteiger partial charge in [-0.25, -0.2) is 8.42 Å². The molecule has 1 aromatic heterocycles. The van der Waals surface area contributed by atoms with Crippen molar-refractivity contribution in [3.8, 4) is 28.0 Å². The van der Waals surface area contributed by atoms with E-state index < -0.39 is 38.4 Å². The Morgan fingerprint density at radius 2 is 1.73 bits per heavy atom. The van der Waals surface area contributed by atoms with Gasteiger partial charge in [0, 0.05) is 48.7 Å². The molecule has 0 bridgehead atoms. The molecular weight excluding hydrogens is 571 g/mol. The van der Waals surface area contributed by atoms with Crippen LogP contribution in [-0.2, 0) is 31.5 Å². The first-order valence-electron chi connectivity index (χ1n) is 12.5. The van der Waals surface area contributed by atoms with Gasteiger partial charge in [0.15, 0.2) is 10.9 Å². The maximum Gasteiger partial charge on any atom is 0.417 e. The Kier molecular flexibility index (Phi) is 8.49. The second kappa shape index (κ2) is 11.4. The Morgan fingerprint density at radius 3 is 2.27 bits per heavy atom. The predicted octanol–water partition coefficient (Wildman–Crippen LogP) is 6.36. The molecule has 3 aromatic rings. The van der Waals surface area contributed by atoms with Crippen LogP contribution in [0.15, 0.2) is 58.5 Å². The third-order valence-corrected chi connectivity index (χ3v) is 8.77. The SMILES string of the molecule is CCOC(C)S(=O)(=O)c1ccc(-c2cn(CCl)cc(-c3cc(C4CC4)ccc3C(F)(F)F)c2=O)c(OC(C)=O)c1. The van der Waals surface area contributed by atoms with Crippen molar-refractivity contribution in [2.45, 2.75) is 62.0 Å². The number of carbonyl (C=O) groups excluding carboxylic acids is 1. The standard InChI is InChI=1S/C28H27ClF3NO6S/c1-4-38-17(3)40(36,37)20-8-9-21(26(12-20)39-16(2)34)23-13-33(15-29)14-24(27(23)35)22-11-19(18-5-6-18)7-10-25(22)28(30,31)32/h7-14,17-18H,4-6,15H2,1-3H3. The van der Waals surface area contributed by atoms with Crippen molar-refractivity contribution in [2.75, 3.05) is 6.61 Å². The summed E-state index contributed by atoms with van der Waals surface area (Å²) in [5, 5.41) is 0. The van der Waals surface area contributed by atoms with Crippen LogP contribution in [0.3, 0.4) is 0 Å². The third-order valence-electron chi connectivity index (χ3n) is 6.57. The van der Waals surface area contributed by atoms with Crippen molar-refractivity contribution in [3.63, 3.8) is 0 Å². The number of carbonyl (C=O) groups is 1. The summed E-state index contributed by atoms with van der Waals surface area (Å²) in [5.41, 5.74) is -2.90. The summed E-state index contributed by atoms with van der Waals surface area (Å²) < 4.78 is 79.9. The Labute approximate surface area is 234 Å². The average molecular weight is 598 g/mol. The first-order valence-corrected chi connectivity index (χ1v) is 14.6. The number of halogens is 4. The van der Waals surface area contributed by atoms with E-state index in [1.807, 2.05) is 0 Å². The largest absolute Gasteiger partial charge is 0.426 e. The van der Waals surface area contributed by atoms with Gasteiger partial charge in [-0.1, -0.05) is 12.1 Å². The van der Waals surface area contributed by atoms with Gasteiger partial charge in [-0.2, -0.15) is 13.2 Å².